The fraction of sp³-hybridized carbons (Fsp3) is 0.0667. The average molecular weight is 285 g/mol. The summed E-state index contributed by atoms with van der Waals surface area (Å²) in [5.41, 5.74) is 10.4. The third kappa shape index (κ3) is 2.38. The molecule has 5 heteroatoms. The second-order valence-corrected chi connectivity index (χ2v) is 4.97. The second-order valence-electron chi connectivity index (χ2n) is 4.54. The van der Waals surface area contributed by atoms with Crippen LogP contribution < -0.4 is 5.73 Å². The highest BCUT2D eigenvalue weighted by Gasteiger charge is 2.13. The van der Waals surface area contributed by atoms with E-state index in [1.54, 1.807) is 6.20 Å². The Morgan fingerprint density at radius 2 is 1.85 bits per heavy atom. The maximum absolute atomic E-state index is 5.92. The van der Waals surface area contributed by atoms with Crippen LogP contribution >= 0.6 is 11.6 Å². The second kappa shape index (κ2) is 4.98. The first-order valence-electron chi connectivity index (χ1n) is 6.18. The number of aryl methyl sites for hydroxylation is 1. The predicted molar refractivity (Wildman–Crippen MR) is 81.4 cm³/mol. The van der Waals surface area contributed by atoms with Gasteiger partial charge in [0.25, 0.3) is 0 Å². The highest BCUT2D eigenvalue weighted by atomic mass is 35.5. The van der Waals surface area contributed by atoms with Crippen LogP contribution in [-0.2, 0) is 0 Å². The molecule has 0 amide bonds. The van der Waals surface area contributed by atoms with Crippen LogP contribution in [0.15, 0.2) is 42.6 Å². The molecular weight excluding hydrogens is 272 g/mol. The zero-order valence-electron chi connectivity index (χ0n) is 10.9. The van der Waals surface area contributed by atoms with Crippen molar-refractivity contribution in [2.24, 2.45) is 0 Å². The van der Waals surface area contributed by atoms with Crippen molar-refractivity contribution >= 4 is 17.5 Å². The van der Waals surface area contributed by atoms with Crippen molar-refractivity contribution in [3.8, 4) is 22.5 Å². The number of nitrogen functional groups attached to an aromatic ring is 1. The van der Waals surface area contributed by atoms with Gasteiger partial charge in [0.05, 0.1) is 11.4 Å². The van der Waals surface area contributed by atoms with E-state index in [0.717, 1.165) is 28.2 Å². The van der Waals surface area contributed by atoms with Crippen molar-refractivity contribution in [3.63, 3.8) is 0 Å². The molecule has 2 aromatic heterocycles. The number of nitrogens with zero attached hydrogens (tertiary/aromatic N) is 2. The van der Waals surface area contributed by atoms with Crippen molar-refractivity contribution in [2.75, 3.05) is 5.73 Å². The van der Waals surface area contributed by atoms with E-state index >= 15 is 0 Å². The molecule has 3 N–H and O–H groups in total. The summed E-state index contributed by atoms with van der Waals surface area (Å²) in [5.74, 6) is 0.388. The van der Waals surface area contributed by atoms with Crippen LogP contribution in [0, 0.1) is 6.92 Å². The van der Waals surface area contributed by atoms with Crippen molar-refractivity contribution < 1.29 is 0 Å². The zero-order valence-corrected chi connectivity index (χ0v) is 11.6. The minimum atomic E-state index is 0.388. The van der Waals surface area contributed by atoms with Crippen molar-refractivity contribution in [1.29, 1.82) is 0 Å². The first kappa shape index (κ1) is 12.7. The number of H-pyrrole nitrogens is 1. The molecule has 100 valence electrons. The summed E-state index contributed by atoms with van der Waals surface area (Å²) in [7, 11) is 0. The molecule has 0 bridgehead atoms. The van der Waals surface area contributed by atoms with Crippen LogP contribution in [0.4, 0.5) is 5.95 Å². The molecule has 0 unspecified atom stereocenters. The lowest BCUT2D eigenvalue weighted by molar-refractivity contribution is 1.20. The lowest BCUT2D eigenvalue weighted by Gasteiger charge is -2.04. The van der Waals surface area contributed by atoms with Crippen LogP contribution in [0.1, 0.15) is 5.69 Å². The van der Waals surface area contributed by atoms with E-state index in [2.05, 4.69) is 15.0 Å². The summed E-state index contributed by atoms with van der Waals surface area (Å²) in [6.07, 6.45) is 1.77. The quantitative estimate of drug-likeness (QED) is 0.754. The Morgan fingerprint density at radius 1 is 1.10 bits per heavy atom. The number of aromatic amines is 1. The number of aromatic nitrogens is 3. The van der Waals surface area contributed by atoms with Gasteiger partial charge in [-0.3, -0.25) is 4.98 Å². The smallest absolute Gasteiger partial charge is 0.198 e. The topological polar surface area (TPSA) is 67.6 Å². The lowest BCUT2D eigenvalue weighted by Crippen LogP contribution is -1.87. The molecule has 0 radical (unpaired) electrons. The monoisotopic (exact) mass is 284 g/mol. The minimum absolute atomic E-state index is 0.388. The third-order valence-electron chi connectivity index (χ3n) is 3.03. The molecule has 0 aliphatic carbocycles. The molecule has 1 aromatic carbocycles. The number of pyridine rings is 1. The van der Waals surface area contributed by atoms with Crippen molar-refractivity contribution in [1.82, 2.24) is 15.0 Å². The van der Waals surface area contributed by atoms with E-state index in [9.17, 15) is 0 Å². The van der Waals surface area contributed by atoms with Crippen LogP contribution in [0.3, 0.4) is 0 Å². The van der Waals surface area contributed by atoms with Crippen LogP contribution in [0.25, 0.3) is 22.5 Å². The Kier molecular flexibility index (Phi) is 3.16. The fourth-order valence-corrected chi connectivity index (χ4v) is 2.24. The molecule has 0 atom stereocenters. The number of nitrogens with two attached hydrogens (primary N) is 1. The first-order valence-corrected chi connectivity index (χ1v) is 6.56. The Morgan fingerprint density at radius 3 is 2.55 bits per heavy atom. The molecular formula is C15H13ClN4. The van der Waals surface area contributed by atoms with Crippen LogP contribution in [-0.4, -0.2) is 15.0 Å². The number of imidazole rings is 1. The van der Waals surface area contributed by atoms with Gasteiger partial charge in [-0.25, -0.2) is 4.98 Å². The van der Waals surface area contributed by atoms with Gasteiger partial charge in [-0.15, -0.1) is 0 Å². The molecule has 0 saturated carbocycles. The predicted octanol–water partition coefficient (Wildman–Crippen LogP) is 3.68. The number of rotatable bonds is 2. The van der Waals surface area contributed by atoms with Crippen LogP contribution in [0.5, 0.6) is 0 Å². The van der Waals surface area contributed by atoms with E-state index < -0.39 is 0 Å². The number of halogens is 1. The molecule has 0 spiro atoms. The van der Waals surface area contributed by atoms with E-state index in [1.807, 2.05) is 43.3 Å². The Labute approximate surface area is 121 Å². The highest BCUT2D eigenvalue weighted by molar-refractivity contribution is 6.30. The number of nitrogens with one attached hydrogen (secondary N) is 1. The zero-order chi connectivity index (χ0) is 14.1. The highest BCUT2D eigenvalue weighted by Crippen LogP contribution is 2.31. The molecule has 0 fully saturated rings. The molecule has 0 aliphatic heterocycles. The number of anilines is 1. The molecule has 2 heterocycles. The Bertz CT molecular complexity index is 747. The normalized spacial score (nSPS) is 10.7. The Balaban J connectivity index is 2.15. The molecule has 0 aliphatic rings. The van der Waals surface area contributed by atoms with Gasteiger partial charge in [0.1, 0.15) is 0 Å². The summed E-state index contributed by atoms with van der Waals surface area (Å²) in [4.78, 5) is 11.7. The van der Waals surface area contributed by atoms with E-state index in [-0.39, 0.29) is 0 Å². The van der Waals surface area contributed by atoms with E-state index in [0.29, 0.717) is 11.0 Å². The standard InChI is InChI=1S/C15H13ClN4/c1-9-8-11(6-7-18-9)14-13(19-15(17)20-14)10-2-4-12(16)5-3-10/h2-8H,1H3,(H3,17,19,20). The molecule has 3 rings (SSSR count). The first-order chi connectivity index (χ1) is 9.63. The van der Waals surface area contributed by atoms with E-state index in [1.165, 1.54) is 0 Å². The van der Waals surface area contributed by atoms with Gasteiger partial charge < -0.3 is 10.7 Å². The number of benzene rings is 1. The van der Waals surface area contributed by atoms with Gasteiger partial charge >= 0.3 is 0 Å². The maximum Gasteiger partial charge on any atom is 0.198 e. The third-order valence-corrected chi connectivity index (χ3v) is 3.28. The number of hydrogen-bond acceptors (Lipinski definition) is 3. The summed E-state index contributed by atoms with van der Waals surface area (Å²) in [6.45, 7) is 1.95. The molecule has 4 nitrogen and oxygen atoms in total. The largest absolute Gasteiger partial charge is 0.369 e. The lowest BCUT2D eigenvalue weighted by atomic mass is 10.1. The minimum Gasteiger partial charge on any atom is -0.369 e. The van der Waals surface area contributed by atoms with Crippen LogP contribution in [0.2, 0.25) is 5.02 Å². The maximum atomic E-state index is 5.92. The van der Waals surface area contributed by atoms with Gasteiger partial charge in [0.2, 0.25) is 0 Å². The Hall–Kier alpha value is -2.33. The van der Waals surface area contributed by atoms with Gasteiger partial charge in [0.15, 0.2) is 5.95 Å². The molecule has 3 aromatic rings. The fourth-order valence-electron chi connectivity index (χ4n) is 2.12. The van der Waals surface area contributed by atoms with Gasteiger partial charge in [-0.1, -0.05) is 23.7 Å². The summed E-state index contributed by atoms with van der Waals surface area (Å²) >= 11 is 5.92. The molecule has 20 heavy (non-hydrogen) atoms. The number of hydrogen-bond donors (Lipinski definition) is 2. The van der Waals surface area contributed by atoms with Gasteiger partial charge in [-0.2, -0.15) is 0 Å². The SMILES string of the molecule is Cc1cc(-c2nc(N)[nH]c2-c2ccc(Cl)cc2)ccn1. The average Bonchev–Trinajstić information content (AvgIpc) is 2.82. The summed E-state index contributed by atoms with van der Waals surface area (Å²) in [6, 6.07) is 11.5. The van der Waals surface area contributed by atoms with Gasteiger partial charge in [-0.05, 0) is 31.2 Å². The summed E-state index contributed by atoms with van der Waals surface area (Å²) in [5, 5.41) is 0.697. The summed E-state index contributed by atoms with van der Waals surface area (Å²) < 4.78 is 0. The van der Waals surface area contributed by atoms with Crippen molar-refractivity contribution in [3.05, 3.63) is 53.3 Å². The molecule has 0 saturated heterocycles. The van der Waals surface area contributed by atoms with E-state index in [4.69, 9.17) is 17.3 Å². The van der Waals surface area contributed by atoms with Gasteiger partial charge in [0, 0.05) is 28.0 Å². The van der Waals surface area contributed by atoms with Crippen molar-refractivity contribution in [2.45, 2.75) is 6.92 Å².